The Hall–Kier alpha value is -2.61. The lowest BCUT2D eigenvalue weighted by Crippen LogP contribution is -2.49. The predicted octanol–water partition coefficient (Wildman–Crippen LogP) is 2.71. The SMILES string of the molecule is COC(Cc1ccc(OCC(=O)N2CCN(Cc3ccc(Cl)cc3)CC2)cc1)C(=O)O. The molecule has 8 heteroatoms. The van der Waals surface area contributed by atoms with Gasteiger partial charge in [-0.1, -0.05) is 35.9 Å². The van der Waals surface area contributed by atoms with Crippen molar-refractivity contribution in [2.75, 3.05) is 39.9 Å². The highest BCUT2D eigenvalue weighted by Gasteiger charge is 2.21. The van der Waals surface area contributed by atoms with E-state index in [9.17, 15) is 9.59 Å². The molecule has 31 heavy (non-hydrogen) atoms. The van der Waals surface area contributed by atoms with Gasteiger partial charge < -0.3 is 19.5 Å². The van der Waals surface area contributed by atoms with Gasteiger partial charge in [0.1, 0.15) is 5.75 Å². The second-order valence-electron chi connectivity index (χ2n) is 7.48. The number of nitrogens with zero attached hydrogens (tertiary/aromatic N) is 2. The van der Waals surface area contributed by atoms with Gasteiger partial charge in [-0.25, -0.2) is 4.79 Å². The van der Waals surface area contributed by atoms with E-state index >= 15 is 0 Å². The van der Waals surface area contributed by atoms with Gasteiger partial charge in [0.05, 0.1) is 0 Å². The van der Waals surface area contributed by atoms with Crippen molar-refractivity contribution in [3.05, 3.63) is 64.7 Å². The number of carboxylic acid groups (broad SMARTS) is 1. The van der Waals surface area contributed by atoms with Crippen molar-refractivity contribution in [2.45, 2.75) is 19.1 Å². The summed E-state index contributed by atoms with van der Waals surface area (Å²) in [7, 11) is 1.37. The lowest BCUT2D eigenvalue weighted by Gasteiger charge is -2.34. The third-order valence-corrected chi connectivity index (χ3v) is 5.56. The Kier molecular flexibility index (Phi) is 8.28. The van der Waals surface area contributed by atoms with E-state index in [0.717, 1.165) is 30.2 Å². The molecule has 0 radical (unpaired) electrons. The van der Waals surface area contributed by atoms with Crippen LogP contribution < -0.4 is 4.74 Å². The van der Waals surface area contributed by atoms with Crippen LogP contribution in [0.3, 0.4) is 0 Å². The van der Waals surface area contributed by atoms with Crippen LogP contribution in [0.2, 0.25) is 5.02 Å². The van der Waals surface area contributed by atoms with E-state index in [2.05, 4.69) is 4.90 Å². The van der Waals surface area contributed by atoms with Crippen LogP contribution in [0, 0.1) is 0 Å². The van der Waals surface area contributed by atoms with Crippen LogP contribution in [-0.4, -0.2) is 72.8 Å². The van der Waals surface area contributed by atoms with Gasteiger partial charge in [-0.3, -0.25) is 9.69 Å². The maximum absolute atomic E-state index is 12.5. The molecule has 166 valence electrons. The fourth-order valence-electron chi connectivity index (χ4n) is 3.45. The van der Waals surface area contributed by atoms with Crippen molar-refractivity contribution in [3.8, 4) is 5.75 Å². The molecule has 1 amide bonds. The van der Waals surface area contributed by atoms with Crippen LogP contribution >= 0.6 is 11.6 Å². The van der Waals surface area contributed by atoms with E-state index in [4.69, 9.17) is 26.2 Å². The molecule has 7 nitrogen and oxygen atoms in total. The van der Waals surface area contributed by atoms with Crippen molar-refractivity contribution in [3.63, 3.8) is 0 Å². The Morgan fingerprint density at radius 3 is 2.19 bits per heavy atom. The Labute approximate surface area is 187 Å². The summed E-state index contributed by atoms with van der Waals surface area (Å²) in [6.45, 7) is 3.78. The van der Waals surface area contributed by atoms with Crippen LogP contribution in [0.25, 0.3) is 0 Å². The summed E-state index contributed by atoms with van der Waals surface area (Å²) in [4.78, 5) is 27.7. The summed E-state index contributed by atoms with van der Waals surface area (Å²) in [5, 5.41) is 9.79. The Morgan fingerprint density at radius 1 is 1.00 bits per heavy atom. The third kappa shape index (κ3) is 6.95. The number of hydrogen-bond donors (Lipinski definition) is 1. The van der Waals surface area contributed by atoms with Crippen LogP contribution in [0.5, 0.6) is 5.75 Å². The number of methoxy groups -OCH3 is 1. The summed E-state index contributed by atoms with van der Waals surface area (Å²) < 4.78 is 10.6. The van der Waals surface area contributed by atoms with Gasteiger partial charge >= 0.3 is 5.97 Å². The van der Waals surface area contributed by atoms with Gasteiger partial charge in [-0.2, -0.15) is 0 Å². The van der Waals surface area contributed by atoms with Crippen LogP contribution in [0.4, 0.5) is 0 Å². The van der Waals surface area contributed by atoms with E-state index in [1.165, 1.54) is 12.7 Å². The average molecular weight is 447 g/mol. The largest absolute Gasteiger partial charge is 0.484 e. The quantitative estimate of drug-likeness (QED) is 0.638. The summed E-state index contributed by atoms with van der Waals surface area (Å²) in [6, 6.07) is 14.9. The Morgan fingerprint density at radius 2 is 1.61 bits per heavy atom. The van der Waals surface area contributed by atoms with Crippen LogP contribution in [0.1, 0.15) is 11.1 Å². The highest BCUT2D eigenvalue weighted by atomic mass is 35.5. The Balaban J connectivity index is 1.41. The summed E-state index contributed by atoms with van der Waals surface area (Å²) in [5.41, 5.74) is 2.03. The molecule has 3 rings (SSSR count). The highest BCUT2D eigenvalue weighted by Crippen LogP contribution is 2.16. The smallest absolute Gasteiger partial charge is 0.333 e. The van der Waals surface area contributed by atoms with Crippen LogP contribution in [0.15, 0.2) is 48.5 Å². The number of ether oxygens (including phenoxy) is 2. The zero-order valence-corrected chi connectivity index (χ0v) is 18.3. The first-order valence-electron chi connectivity index (χ1n) is 10.2. The molecule has 0 aliphatic carbocycles. The van der Waals surface area contributed by atoms with E-state index in [-0.39, 0.29) is 18.9 Å². The summed E-state index contributed by atoms with van der Waals surface area (Å²) in [5.74, 6) is -0.468. The van der Waals surface area contributed by atoms with Crippen molar-refractivity contribution >= 4 is 23.5 Å². The van der Waals surface area contributed by atoms with E-state index in [0.29, 0.717) is 18.8 Å². The molecule has 2 aromatic rings. The van der Waals surface area contributed by atoms with Gasteiger partial charge in [0.15, 0.2) is 12.7 Å². The molecule has 1 fully saturated rings. The normalized spacial score (nSPS) is 15.5. The molecule has 0 saturated carbocycles. The molecule has 1 aliphatic rings. The molecule has 2 aromatic carbocycles. The molecule has 1 aliphatic heterocycles. The first kappa shape index (κ1) is 23.1. The number of carbonyl (C=O) groups is 2. The minimum absolute atomic E-state index is 0.0215. The Bertz CT molecular complexity index is 865. The maximum atomic E-state index is 12.5. The third-order valence-electron chi connectivity index (χ3n) is 5.31. The van der Waals surface area contributed by atoms with Crippen molar-refractivity contribution < 1.29 is 24.2 Å². The molecular formula is C23H27ClN2O5. The summed E-state index contributed by atoms with van der Waals surface area (Å²) in [6.07, 6.45) is -0.613. The molecule has 0 bridgehead atoms. The van der Waals surface area contributed by atoms with Crippen molar-refractivity contribution in [1.29, 1.82) is 0 Å². The number of benzene rings is 2. The van der Waals surface area contributed by atoms with E-state index in [1.807, 2.05) is 29.2 Å². The second kappa shape index (κ2) is 11.1. The topological polar surface area (TPSA) is 79.3 Å². The zero-order chi connectivity index (χ0) is 22.2. The standard InChI is InChI=1S/C23H27ClN2O5/c1-30-21(23(28)29)14-17-4-8-20(9-5-17)31-16-22(27)26-12-10-25(11-13-26)15-18-2-6-19(24)7-3-18/h2-9,21H,10-16H2,1H3,(H,28,29). The zero-order valence-electron chi connectivity index (χ0n) is 17.5. The number of amides is 1. The second-order valence-corrected chi connectivity index (χ2v) is 7.92. The number of halogens is 1. The molecule has 1 unspecified atom stereocenters. The summed E-state index contributed by atoms with van der Waals surface area (Å²) >= 11 is 5.93. The monoisotopic (exact) mass is 446 g/mol. The maximum Gasteiger partial charge on any atom is 0.333 e. The first-order chi connectivity index (χ1) is 14.9. The number of hydrogen-bond acceptors (Lipinski definition) is 5. The van der Waals surface area contributed by atoms with Gasteiger partial charge in [0, 0.05) is 51.3 Å². The van der Waals surface area contributed by atoms with Gasteiger partial charge in [-0.15, -0.1) is 0 Å². The van der Waals surface area contributed by atoms with E-state index < -0.39 is 12.1 Å². The number of piperazine rings is 1. The predicted molar refractivity (Wildman–Crippen MR) is 117 cm³/mol. The van der Waals surface area contributed by atoms with Crippen molar-refractivity contribution in [2.24, 2.45) is 0 Å². The minimum atomic E-state index is -0.998. The minimum Gasteiger partial charge on any atom is -0.484 e. The fraction of sp³-hybridized carbons (Fsp3) is 0.391. The van der Waals surface area contributed by atoms with Crippen LogP contribution in [-0.2, 0) is 27.3 Å². The average Bonchev–Trinajstić information content (AvgIpc) is 2.78. The molecule has 0 spiro atoms. The van der Waals surface area contributed by atoms with E-state index in [1.54, 1.807) is 24.3 Å². The molecule has 1 atom stereocenters. The van der Waals surface area contributed by atoms with Gasteiger partial charge in [-0.05, 0) is 35.4 Å². The lowest BCUT2D eigenvalue weighted by molar-refractivity contribution is -0.148. The van der Waals surface area contributed by atoms with Gasteiger partial charge in [0.25, 0.3) is 5.91 Å². The molecular weight excluding hydrogens is 420 g/mol. The molecule has 1 N–H and O–H groups in total. The number of carbonyl (C=O) groups excluding carboxylic acids is 1. The molecule has 1 heterocycles. The lowest BCUT2D eigenvalue weighted by atomic mass is 10.1. The first-order valence-corrected chi connectivity index (χ1v) is 10.5. The molecule has 1 saturated heterocycles. The fourth-order valence-corrected chi connectivity index (χ4v) is 3.57. The number of aliphatic carboxylic acids is 1. The number of carboxylic acids is 1. The van der Waals surface area contributed by atoms with Crippen molar-refractivity contribution in [1.82, 2.24) is 9.80 Å². The molecule has 0 aromatic heterocycles. The van der Waals surface area contributed by atoms with Gasteiger partial charge in [0.2, 0.25) is 0 Å². The highest BCUT2D eigenvalue weighted by molar-refractivity contribution is 6.30. The number of rotatable bonds is 9.